The Labute approximate surface area is 137 Å². The van der Waals surface area contributed by atoms with Crippen LogP contribution in [0.25, 0.3) is 11.0 Å². The van der Waals surface area contributed by atoms with Gasteiger partial charge in [0, 0.05) is 12.0 Å². The van der Waals surface area contributed by atoms with Gasteiger partial charge in [-0.2, -0.15) is 0 Å². The number of H-pyrrole nitrogens is 1. The zero-order chi connectivity index (χ0) is 16.2. The molecule has 1 aromatic heterocycles. The smallest absolute Gasteiger partial charge is 0.250 e. The van der Waals surface area contributed by atoms with Gasteiger partial charge in [0.05, 0.1) is 11.1 Å². The van der Waals surface area contributed by atoms with Gasteiger partial charge < -0.3 is 16.0 Å². The molecule has 1 saturated carbocycles. The van der Waals surface area contributed by atoms with E-state index in [0.717, 1.165) is 24.3 Å². The summed E-state index contributed by atoms with van der Waals surface area (Å²) in [6.45, 7) is 3.18. The van der Waals surface area contributed by atoms with E-state index in [0.29, 0.717) is 23.0 Å². The lowest BCUT2D eigenvalue weighted by Gasteiger charge is -2.23. The quantitative estimate of drug-likeness (QED) is 0.766. The fourth-order valence-electron chi connectivity index (χ4n) is 3.43. The summed E-state index contributed by atoms with van der Waals surface area (Å²) in [7, 11) is 0. The second kappa shape index (κ2) is 7.13. The molecule has 5 heteroatoms. The maximum atomic E-state index is 11.5. The number of carbonyl (C=O) groups excluding carboxylic acids is 1. The van der Waals surface area contributed by atoms with Gasteiger partial charge in [-0.15, -0.1) is 0 Å². The molecule has 1 aromatic carbocycles. The monoisotopic (exact) mass is 314 g/mol. The normalized spacial score (nSPS) is 17.4. The number of primary amides is 1. The lowest BCUT2D eigenvalue weighted by molar-refractivity contribution is 0.100. The number of aromatic amines is 1. The maximum absolute atomic E-state index is 11.5. The molecule has 23 heavy (non-hydrogen) atoms. The van der Waals surface area contributed by atoms with Crippen LogP contribution in [0, 0.1) is 0 Å². The number of rotatable bonds is 6. The lowest BCUT2D eigenvalue weighted by Crippen LogP contribution is -2.32. The lowest BCUT2D eigenvalue weighted by atomic mass is 9.95. The third kappa shape index (κ3) is 3.72. The van der Waals surface area contributed by atoms with E-state index in [1.54, 1.807) is 6.07 Å². The van der Waals surface area contributed by atoms with Crippen molar-refractivity contribution in [2.75, 3.05) is 6.54 Å². The van der Waals surface area contributed by atoms with Crippen molar-refractivity contribution in [2.24, 2.45) is 5.73 Å². The second-order valence-corrected chi connectivity index (χ2v) is 6.67. The summed E-state index contributed by atoms with van der Waals surface area (Å²) in [5, 5.41) is 3.67. The fourth-order valence-corrected chi connectivity index (χ4v) is 3.43. The van der Waals surface area contributed by atoms with Crippen LogP contribution in [-0.2, 0) is 0 Å². The first-order valence-corrected chi connectivity index (χ1v) is 8.67. The predicted octanol–water partition coefficient (Wildman–Crippen LogP) is 3.08. The molecule has 0 radical (unpaired) electrons. The molecule has 2 aromatic rings. The summed E-state index contributed by atoms with van der Waals surface area (Å²) < 4.78 is 0. The van der Waals surface area contributed by atoms with Crippen LogP contribution in [0.3, 0.4) is 0 Å². The number of aromatic nitrogens is 2. The molecule has 3 rings (SSSR count). The van der Waals surface area contributed by atoms with Gasteiger partial charge in [-0.05, 0) is 37.9 Å². The molecule has 1 fully saturated rings. The number of nitrogens with zero attached hydrogens (tertiary/aromatic N) is 1. The Morgan fingerprint density at radius 2 is 2.17 bits per heavy atom. The summed E-state index contributed by atoms with van der Waals surface area (Å²) in [6, 6.07) is 6.18. The molecule has 4 N–H and O–H groups in total. The topological polar surface area (TPSA) is 83.8 Å². The first-order valence-electron chi connectivity index (χ1n) is 8.67. The first kappa shape index (κ1) is 16.0. The molecule has 1 unspecified atom stereocenters. The van der Waals surface area contributed by atoms with Crippen LogP contribution in [0.4, 0.5) is 0 Å². The number of hydrogen-bond acceptors (Lipinski definition) is 3. The molecule has 124 valence electrons. The summed E-state index contributed by atoms with van der Waals surface area (Å²) in [5.41, 5.74) is 7.47. The molecule has 1 amide bonds. The summed E-state index contributed by atoms with van der Waals surface area (Å²) >= 11 is 0. The molecule has 0 bridgehead atoms. The standard InChI is InChI=1S/C18H26N4O/c1-12(10-11-20-13-6-3-2-4-7-13)18-21-15-9-5-8-14(17(19)23)16(15)22-18/h5,8-9,12-13,20H,2-4,6-7,10-11H2,1H3,(H2,19,23)(H,21,22). The molecule has 0 aliphatic heterocycles. The third-order valence-electron chi connectivity index (χ3n) is 4.88. The van der Waals surface area contributed by atoms with Crippen molar-refractivity contribution in [3.8, 4) is 0 Å². The number of nitrogens with one attached hydrogen (secondary N) is 2. The van der Waals surface area contributed by atoms with Crippen molar-refractivity contribution < 1.29 is 4.79 Å². The number of amides is 1. The van der Waals surface area contributed by atoms with Gasteiger partial charge in [0.2, 0.25) is 0 Å². The minimum atomic E-state index is -0.430. The molecular formula is C18H26N4O. The Hall–Kier alpha value is -1.88. The second-order valence-electron chi connectivity index (χ2n) is 6.67. The van der Waals surface area contributed by atoms with Crippen LogP contribution in [-0.4, -0.2) is 28.5 Å². The largest absolute Gasteiger partial charge is 0.366 e. The molecule has 1 atom stereocenters. The molecule has 0 spiro atoms. The van der Waals surface area contributed by atoms with E-state index in [2.05, 4.69) is 22.2 Å². The Kier molecular flexibility index (Phi) is 4.96. The third-order valence-corrected chi connectivity index (χ3v) is 4.88. The Morgan fingerprint density at radius 1 is 1.39 bits per heavy atom. The van der Waals surface area contributed by atoms with Gasteiger partial charge in [-0.25, -0.2) is 4.98 Å². The maximum Gasteiger partial charge on any atom is 0.250 e. The minimum Gasteiger partial charge on any atom is -0.366 e. The Bertz CT molecular complexity index is 673. The predicted molar refractivity (Wildman–Crippen MR) is 92.5 cm³/mol. The zero-order valence-corrected chi connectivity index (χ0v) is 13.8. The van der Waals surface area contributed by atoms with E-state index >= 15 is 0 Å². The van der Waals surface area contributed by atoms with Crippen LogP contribution in [0.2, 0.25) is 0 Å². The number of benzene rings is 1. The van der Waals surface area contributed by atoms with Crippen LogP contribution in [0.5, 0.6) is 0 Å². The van der Waals surface area contributed by atoms with E-state index in [1.165, 1.54) is 32.1 Å². The van der Waals surface area contributed by atoms with Gasteiger partial charge in [0.15, 0.2) is 0 Å². The first-order chi connectivity index (χ1) is 11.1. The average Bonchev–Trinajstić information content (AvgIpc) is 2.99. The number of carbonyl (C=O) groups is 1. The highest BCUT2D eigenvalue weighted by Crippen LogP contribution is 2.23. The van der Waals surface area contributed by atoms with E-state index < -0.39 is 5.91 Å². The molecule has 1 aliphatic rings. The van der Waals surface area contributed by atoms with Gasteiger partial charge >= 0.3 is 0 Å². The molecule has 1 aliphatic carbocycles. The van der Waals surface area contributed by atoms with Crippen LogP contribution >= 0.6 is 0 Å². The SMILES string of the molecule is CC(CCNC1CCCCC1)c1nc2c(C(N)=O)cccc2[nH]1. The fraction of sp³-hybridized carbons (Fsp3) is 0.556. The van der Waals surface area contributed by atoms with E-state index in [-0.39, 0.29) is 0 Å². The van der Waals surface area contributed by atoms with Crippen molar-refractivity contribution in [1.82, 2.24) is 15.3 Å². The molecular weight excluding hydrogens is 288 g/mol. The number of para-hydroxylation sites is 1. The van der Waals surface area contributed by atoms with Crippen molar-refractivity contribution in [3.05, 3.63) is 29.6 Å². The van der Waals surface area contributed by atoms with Crippen molar-refractivity contribution >= 4 is 16.9 Å². The van der Waals surface area contributed by atoms with Crippen molar-refractivity contribution in [2.45, 2.75) is 57.4 Å². The van der Waals surface area contributed by atoms with E-state index in [9.17, 15) is 4.79 Å². The molecule has 0 saturated heterocycles. The highest BCUT2D eigenvalue weighted by Gasteiger charge is 2.16. The van der Waals surface area contributed by atoms with Gasteiger partial charge in [0.25, 0.3) is 5.91 Å². The van der Waals surface area contributed by atoms with Crippen molar-refractivity contribution in [1.29, 1.82) is 0 Å². The molecule has 1 heterocycles. The summed E-state index contributed by atoms with van der Waals surface area (Å²) in [6.07, 6.45) is 7.74. The Morgan fingerprint density at radius 3 is 2.91 bits per heavy atom. The van der Waals surface area contributed by atoms with E-state index in [1.807, 2.05) is 12.1 Å². The zero-order valence-electron chi connectivity index (χ0n) is 13.8. The number of imidazole rings is 1. The van der Waals surface area contributed by atoms with Gasteiger partial charge in [-0.1, -0.05) is 32.3 Å². The minimum absolute atomic E-state index is 0.319. The summed E-state index contributed by atoms with van der Waals surface area (Å²) in [5.74, 6) is 0.818. The Balaban J connectivity index is 1.63. The number of nitrogens with two attached hydrogens (primary N) is 1. The van der Waals surface area contributed by atoms with E-state index in [4.69, 9.17) is 5.73 Å². The average molecular weight is 314 g/mol. The van der Waals surface area contributed by atoms with Gasteiger partial charge in [-0.3, -0.25) is 4.79 Å². The number of fused-ring (bicyclic) bond motifs is 1. The van der Waals surface area contributed by atoms with Crippen molar-refractivity contribution in [3.63, 3.8) is 0 Å². The van der Waals surface area contributed by atoms with Crippen LogP contribution < -0.4 is 11.1 Å². The van der Waals surface area contributed by atoms with Crippen LogP contribution in [0.15, 0.2) is 18.2 Å². The molecule has 5 nitrogen and oxygen atoms in total. The van der Waals surface area contributed by atoms with Crippen LogP contribution in [0.1, 0.15) is 67.5 Å². The highest BCUT2D eigenvalue weighted by molar-refractivity contribution is 6.04. The summed E-state index contributed by atoms with van der Waals surface area (Å²) in [4.78, 5) is 19.4. The van der Waals surface area contributed by atoms with Gasteiger partial charge in [0.1, 0.15) is 11.3 Å². The highest BCUT2D eigenvalue weighted by atomic mass is 16.1. The number of hydrogen-bond donors (Lipinski definition) is 3.